The van der Waals surface area contributed by atoms with Gasteiger partial charge in [-0.1, -0.05) is 6.07 Å². The van der Waals surface area contributed by atoms with Crippen molar-refractivity contribution in [2.75, 3.05) is 14.2 Å². The average Bonchev–Trinajstić information content (AvgIpc) is 3.08. The van der Waals surface area contributed by atoms with E-state index in [2.05, 4.69) is 4.99 Å². The van der Waals surface area contributed by atoms with Crippen LogP contribution in [0.15, 0.2) is 47.1 Å². The zero-order chi connectivity index (χ0) is 21.8. The predicted octanol–water partition coefficient (Wildman–Crippen LogP) is 2.88. The number of rotatable bonds is 6. The van der Waals surface area contributed by atoms with Crippen LogP contribution in [0.5, 0.6) is 17.2 Å². The first-order chi connectivity index (χ1) is 14.3. The van der Waals surface area contributed by atoms with E-state index in [0.717, 1.165) is 0 Å². The molecule has 0 saturated heterocycles. The van der Waals surface area contributed by atoms with E-state index in [0.29, 0.717) is 11.3 Å². The van der Waals surface area contributed by atoms with E-state index >= 15 is 0 Å². The summed E-state index contributed by atoms with van der Waals surface area (Å²) in [5, 5.41) is 11.2. The third-order valence-electron chi connectivity index (χ3n) is 3.99. The number of carbonyl (C=O) groups is 2. The molecular weight excluding hydrogens is 396 g/mol. The molecule has 0 unspecified atom stereocenters. The molecule has 1 heterocycles. The maximum Gasteiger partial charge on any atom is 0.363 e. The lowest BCUT2D eigenvalue weighted by Gasteiger charge is -2.08. The first kappa shape index (κ1) is 20.5. The lowest BCUT2D eigenvalue weighted by atomic mass is 10.1. The SMILES string of the molecule is COc1cc(C=C2N=C(c3ccc(OC)c([N+](=O)[O-])c3)OC2=O)ccc1OC(C)=O. The first-order valence-electron chi connectivity index (χ1n) is 8.54. The van der Waals surface area contributed by atoms with Crippen molar-refractivity contribution >= 4 is 29.6 Å². The normalized spacial score (nSPS) is 14.2. The van der Waals surface area contributed by atoms with Crippen LogP contribution in [0.2, 0.25) is 0 Å². The van der Waals surface area contributed by atoms with E-state index in [1.807, 2.05) is 0 Å². The van der Waals surface area contributed by atoms with Crippen LogP contribution in [-0.2, 0) is 14.3 Å². The van der Waals surface area contributed by atoms with Gasteiger partial charge in [-0.05, 0) is 35.9 Å². The molecule has 1 aliphatic rings. The molecule has 0 bridgehead atoms. The van der Waals surface area contributed by atoms with Crippen molar-refractivity contribution in [2.45, 2.75) is 6.92 Å². The molecule has 0 aliphatic carbocycles. The van der Waals surface area contributed by atoms with Gasteiger partial charge in [0.15, 0.2) is 22.9 Å². The molecule has 10 heteroatoms. The van der Waals surface area contributed by atoms with Crippen molar-refractivity contribution in [1.82, 2.24) is 0 Å². The van der Waals surface area contributed by atoms with Gasteiger partial charge >= 0.3 is 17.6 Å². The standard InChI is InChI=1S/C20H16N2O8/c1-11(23)29-17-6-4-12(9-18(17)28-3)8-14-20(24)30-19(21-14)13-5-7-16(27-2)15(10-13)22(25)26/h4-10H,1-3H3. The zero-order valence-electron chi connectivity index (χ0n) is 16.2. The Bertz CT molecular complexity index is 1100. The summed E-state index contributed by atoms with van der Waals surface area (Å²) in [6.45, 7) is 1.27. The minimum absolute atomic E-state index is 0.00856. The van der Waals surface area contributed by atoms with E-state index in [1.165, 1.54) is 51.5 Å². The van der Waals surface area contributed by atoms with Gasteiger partial charge in [0.2, 0.25) is 5.90 Å². The van der Waals surface area contributed by atoms with Crippen LogP contribution in [0.3, 0.4) is 0 Å². The van der Waals surface area contributed by atoms with E-state index < -0.39 is 16.9 Å². The zero-order valence-corrected chi connectivity index (χ0v) is 16.2. The second-order valence-electron chi connectivity index (χ2n) is 5.98. The van der Waals surface area contributed by atoms with Gasteiger partial charge in [0.05, 0.1) is 19.1 Å². The fourth-order valence-corrected chi connectivity index (χ4v) is 2.67. The lowest BCUT2D eigenvalue weighted by molar-refractivity contribution is -0.385. The Balaban J connectivity index is 1.94. The van der Waals surface area contributed by atoms with Crippen LogP contribution < -0.4 is 14.2 Å². The second kappa shape index (κ2) is 8.43. The highest BCUT2D eigenvalue weighted by Gasteiger charge is 2.26. The molecule has 0 aromatic heterocycles. The third-order valence-corrected chi connectivity index (χ3v) is 3.99. The van der Waals surface area contributed by atoms with Gasteiger partial charge in [-0.25, -0.2) is 9.79 Å². The van der Waals surface area contributed by atoms with Crippen LogP contribution in [-0.4, -0.2) is 37.0 Å². The number of nitro groups is 1. The van der Waals surface area contributed by atoms with Crippen molar-refractivity contribution in [3.05, 3.63) is 63.3 Å². The van der Waals surface area contributed by atoms with Gasteiger partial charge in [-0.3, -0.25) is 14.9 Å². The maximum atomic E-state index is 12.2. The number of benzene rings is 2. The fraction of sp³-hybridized carbons (Fsp3) is 0.150. The monoisotopic (exact) mass is 412 g/mol. The smallest absolute Gasteiger partial charge is 0.363 e. The molecule has 0 fully saturated rings. The molecule has 30 heavy (non-hydrogen) atoms. The highest BCUT2D eigenvalue weighted by Crippen LogP contribution is 2.31. The molecule has 0 saturated carbocycles. The Morgan fingerprint density at radius 3 is 2.43 bits per heavy atom. The third kappa shape index (κ3) is 4.27. The van der Waals surface area contributed by atoms with Crippen LogP contribution >= 0.6 is 0 Å². The molecule has 0 amide bonds. The molecule has 0 atom stereocenters. The number of nitrogens with zero attached hydrogens (tertiary/aromatic N) is 2. The topological polar surface area (TPSA) is 127 Å². The van der Waals surface area contributed by atoms with Crippen molar-refractivity contribution in [3.63, 3.8) is 0 Å². The number of hydrogen-bond donors (Lipinski definition) is 0. The van der Waals surface area contributed by atoms with E-state index in [4.69, 9.17) is 18.9 Å². The van der Waals surface area contributed by atoms with Crippen molar-refractivity contribution in [3.8, 4) is 17.2 Å². The molecule has 0 N–H and O–H groups in total. The van der Waals surface area contributed by atoms with Crippen LogP contribution in [0, 0.1) is 10.1 Å². The molecule has 2 aromatic rings. The van der Waals surface area contributed by atoms with Gasteiger partial charge < -0.3 is 18.9 Å². The number of esters is 2. The average molecular weight is 412 g/mol. The summed E-state index contributed by atoms with van der Waals surface area (Å²) in [6, 6.07) is 8.79. The number of hydrogen-bond acceptors (Lipinski definition) is 9. The summed E-state index contributed by atoms with van der Waals surface area (Å²) in [6.07, 6.45) is 1.45. The lowest BCUT2D eigenvalue weighted by Crippen LogP contribution is -2.06. The van der Waals surface area contributed by atoms with Gasteiger partial charge in [0, 0.05) is 18.6 Å². The van der Waals surface area contributed by atoms with E-state index in [9.17, 15) is 19.7 Å². The number of carbonyl (C=O) groups excluding carboxylic acids is 2. The number of cyclic esters (lactones) is 1. The summed E-state index contributed by atoms with van der Waals surface area (Å²) in [5.74, 6) is -0.685. The van der Waals surface area contributed by atoms with Crippen molar-refractivity contribution < 1.29 is 33.5 Å². The highest BCUT2D eigenvalue weighted by molar-refractivity contribution is 6.13. The van der Waals surface area contributed by atoms with Gasteiger partial charge in [0.25, 0.3) is 0 Å². The van der Waals surface area contributed by atoms with Crippen molar-refractivity contribution in [1.29, 1.82) is 0 Å². The molecule has 1 aliphatic heterocycles. The van der Waals surface area contributed by atoms with Crippen LogP contribution in [0.25, 0.3) is 6.08 Å². The summed E-state index contributed by atoms with van der Waals surface area (Å²) in [5.41, 5.74) is 0.505. The number of methoxy groups -OCH3 is 2. The largest absolute Gasteiger partial charge is 0.493 e. The quantitative estimate of drug-likeness (QED) is 0.233. The Morgan fingerprint density at radius 2 is 1.80 bits per heavy atom. The van der Waals surface area contributed by atoms with Crippen LogP contribution in [0.1, 0.15) is 18.1 Å². The number of aliphatic imine (C=N–C) groups is 1. The van der Waals surface area contributed by atoms with E-state index in [1.54, 1.807) is 12.1 Å². The molecule has 3 rings (SSSR count). The summed E-state index contributed by atoms with van der Waals surface area (Å²) >= 11 is 0. The molecule has 0 radical (unpaired) electrons. The Kier molecular flexibility index (Phi) is 5.77. The molecule has 10 nitrogen and oxygen atoms in total. The Morgan fingerprint density at radius 1 is 1.10 bits per heavy atom. The predicted molar refractivity (Wildman–Crippen MR) is 105 cm³/mol. The maximum absolute atomic E-state index is 12.2. The molecule has 154 valence electrons. The van der Waals surface area contributed by atoms with Crippen LogP contribution in [0.4, 0.5) is 5.69 Å². The molecular formula is C20H16N2O8. The summed E-state index contributed by atoms with van der Waals surface area (Å²) in [4.78, 5) is 38.1. The van der Waals surface area contributed by atoms with Crippen molar-refractivity contribution in [2.24, 2.45) is 4.99 Å². The van der Waals surface area contributed by atoms with Gasteiger partial charge in [-0.15, -0.1) is 0 Å². The Labute approximate surface area is 170 Å². The molecule has 2 aromatic carbocycles. The minimum atomic E-state index is -0.716. The second-order valence-corrected chi connectivity index (χ2v) is 5.98. The van der Waals surface area contributed by atoms with E-state index in [-0.39, 0.29) is 34.3 Å². The number of nitro benzene ring substituents is 1. The summed E-state index contributed by atoms with van der Waals surface area (Å²) in [7, 11) is 2.73. The fourth-order valence-electron chi connectivity index (χ4n) is 2.67. The number of ether oxygens (including phenoxy) is 4. The Hall–Kier alpha value is -4.21. The molecule has 0 spiro atoms. The van der Waals surface area contributed by atoms with Gasteiger partial charge in [-0.2, -0.15) is 0 Å². The summed E-state index contributed by atoms with van der Waals surface area (Å²) < 4.78 is 20.3. The minimum Gasteiger partial charge on any atom is -0.493 e. The highest BCUT2D eigenvalue weighted by atomic mass is 16.6. The first-order valence-corrected chi connectivity index (χ1v) is 8.54. The van der Waals surface area contributed by atoms with Gasteiger partial charge in [0.1, 0.15) is 0 Å².